The number of aliphatic hydroxyl groups excluding tert-OH is 1. The van der Waals surface area contributed by atoms with E-state index in [4.69, 9.17) is 9.47 Å². The molecule has 0 fully saturated rings. The van der Waals surface area contributed by atoms with E-state index >= 15 is 0 Å². The number of ether oxygens (including phenoxy) is 2. The van der Waals surface area contributed by atoms with Crippen molar-refractivity contribution in [3.8, 4) is 28.7 Å². The second-order valence-electron chi connectivity index (χ2n) is 9.11. The molecule has 0 radical (unpaired) electrons. The van der Waals surface area contributed by atoms with Crippen molar-refractivity contribution < 1.29 is 14.6 Å². The number of benzene rings is 3. The summed E-state index contributed by atoms with van der Waals surface area (Å²) in [6.07, 6.45) is 2.68. The Kier molecular flexibility index (Phi) is 7.62. The summed E-state index contributed by atoms with van der Waals surface area (Å²) in [5.74, 6) is 1.91. The van der Waals surface area contributed by atoms with Crippen molar-refractivity contribution in [3.63, 3.8) is 0 Å². The summed E-state index contributed by atoms with van der Waals surface area (Å²) in [7, 11) is 0. The summed E-state index contributed by atoms with van der Waals surface area (Å²) in [4.78, 5) is 8.59. The lowest BCUT2D eigenvalue weighted by Crippen LogP contribution is -2.39. The molecule has 2 heterocycles. The lowest BCUT2D eigenvalue weighted by Gasteiger charge is -2.21. The predicted octanol–water partition coefficient (Wildman–Crippen LogP) is 4.80. The van der Waals surface area contributed by atoms with Gasteiger partial charge in [-0.3, -0.25) is 9.98 Å². The van der Waals surface area contributed by atoms with Gasteiger partial charge in [0.1, 0.15) is 36.6 Å². The van der Waals surface area contributed by atoms with Crippen molar-refractivity contribution in [2.45, 2.75) is 26.2 Å². The zero-order valence-corrected chi connectivity index (χ0v) is 21.1. The number of amidine groups is 1. The Morgan fingerprint density at radius 2 is 1.84 bits per heavy atom. The fourth-order valence-corrected chi connectivity index (χ4v) is 4.34. The number of nitriles is 1. The van der Waals surface area contributed by atoms with Crippen LogP contribution < -0.4 is 14.8 Å². The molecule has 7 nitrogen and oxygen atoms in total. The van der Waals surface area contributed by atoms with Crippen molar-refractivity contribution in [2.75, 3.05) is 13.1 Å². The summed E-state index contributed by atoms with van der Waals surface area (Å²) in [5.41, 5.74) is 6.67. The van der Waals surface area contributed by atoms with E-state index in [2.05, 4.69) is 58.6 Å². The van der Waals surface area contributed by atoms with Gasteiger partial charge in [-0.2, -0.15) is 5.26 Å². The summed E-state index contributed by atoms with van der Waals surface area (Å²) in [6.45, 7) is 3.49. The Hall–Kier alpha value is -4.67. The molecule has 3 aromatic carbocycles. The van der Waals surface area contributed by atoms with Crippen LogP contribution in [0.15, 0.2) is 90.2 Å². The van der Waals surface area contributed by atoms with Gasteiger partial charge in [0.2, 0.25) is 0 Å². The van der Waals surface area contributed by atoms with Gasteiger partial charge in [-0.15, -0.1) is 0 Å². The first-order valence-electron chi connectivity index (χ1n) is 12.4. The molecule has 0 bridgehead atoms. The minimum Gasteiger partial charge on any atom is -0.489 e. The van der Waals surface area contributed by atoms with Crippen molar-refractivity contribution in [1.29, 1.82) is 5.26 Å². The molecule has 38 heavy (non-hydrogen) atoms. The topological polar surface area (TPSA) is 99.8 Å². The lowest BCUT2D eigenvalue weighted by molar-refractivity contribution is 0.181. The number of β-amino-alcohol motifs (C(OH)–C–C–N with tert-alkyl or cyclic N) is 1. The minimum absolute atomic E-state index is 0.229. The molecule has 0 saturated carbocycles. The van der Waals surface area contributed by atoms with Crippen LogP contribution in [0.5, 0.6) is 11.5 Å². The Balaban J connectivity index is 1.38. The summed E-state index contributed by atoms with van der Waals surface area (Å²) < 4.78 is 12.4. The standard InChI is InChI=1S/C31H28N4O3/c1-21-25(8-5-9-28(21)24-6-3-2-4-7-24)20-37-27-10-11-29(31-34-17-26(36)18-35-31)30(13-27)38-19-23-12-22(14-32)15-33-16-23/h2-13,15-16,26,36H,17-20H2,1H3,(H,34,35). The SMILES string of the molecule is Cc1c(COc2ccc(C3=NCC(O)CN3)c(OCc3cncc(C#N)c3)c2)cccc1-c1ccccc1. The Bertz CT molecular complexity index is 1490. The quantitative estimate of drug-likeness (QED) is 0.358. The first-order chi connectivity index (χ1) is 18.6. The normalized spacial score (nSPS) is 14.7. The van der Waals surface area contributed by atoms with Gasteiger partial charge in [0.05, 0.1) is 23.8 Å². The number of hydrogen-bond donors (Lipinski definition) is 2. The van der Waals surface area contributed by atoms with E-state index in [0.717, 1.165) is 16.7 Å². The van der Waals surface area contributed by atoms with Crippen molar-refractivity contribution in [1.82, 2.24) is 10.3 Å². The van der Waals surface area contributed by atoms with E-state index in [9.17, 15) is 10.4 Å². The van der Waals surface area contributed by atoms with Crippen LogP contribution >= 0.6 is 0 Å². The van der Waals surface area contributed by atoms with Crippen LogP contribution in [0.1, 0.15) is 27.8 Å². The van der Waals surface area contributed by atoms with Gasteiger partial charge >= 0.3 is 0 Å². The van der Waals surface area contributed by atoms with E-state index in [0.29, 0.717) is 42.6 Å². The maximum Gasteiger partial charge on any atom is 0.134 e. The van der Waals surface area contributed by atoms with Crippen LogP contribution in [0.3, 0.4) is 0 Å². The predicted molar refractivity (Wildman–Crippen MR) is 146 cm³/mol. The van der Waals surface area contributed by atoms with E-state index in [1.54, 1.807) is 12.3 Å². The molecule has 1 aliphatic rings. The zero-order valence-electron chi connectivity index (χ0n) is 21.1. The average molecular weight is 505 g/mol. The Morgan fingerprint density at radius 1 is 0.974 bits per heavy atom. The molecule has 0 aliphatic carbocycles. The summed E-state index contributed by atoms with van der Waals surface area (Å²) in [5, 5.41) is 22.2. The Labute approximate surface area is 222 Å². The second kappa shape index (κ2) is 11.6. The zero-order chi connectivity index (χ0) is 26.3. The number of hydrogen-bond acceptors (Lipinski definition) is 7. The third-order valence-corrected chi connectivity index (χ3v) is 6.42. The van der Waals surface area contributed by atoms with Gasteiger partial charge in [0.25, 0.3) is 0 Å². The number of nitrogens with one attached hydrogen (secondary N) is 1. The molecule has 1 atom stereocenters. The van der Waals surface area contributed by atoms with Crippen LogP contribution in [0.2, 0.25) is 0 Å². The van der Waals surface area contributed by atoms with Crippen LogP contribution in [0.4, 0.5) is 0 Å². The van der Waals surface area contributed by atoms with E-state index in [-0.39, 0.29) is 6.61 Å². The molecule has 2 N–H and O–H groups in total. The van der Waals surface area contributed by atoms with Gasteiger partial charge in [-0.05, 0) is 47.4 Å². The highest BCUT2D eigenvalue weighted by atomic mass is 16.5. The molecule has 190 valence electrons. The lowest BCUT2D eigenvalue weighted by atomic mass is 9.97. The first kappa shape index (κ1) is 25.0. The van der Waals surface area contributed by atoms with Gasteiger partial charge in [-0.25, -0.2) is 0 Å². The fraction of sp³-hybridized carbons (Fsp3) is 0.194. The Morgan fingerprint density at radius 3 is 2.63 bits per heavy atom. The highest BCUT2D eigenvalue weighted by molar-refractivity contribution is 6.01. The maximum absolute atomic E-state index is 9.83. The summed E-state index contributed by atoms with van der Waals surface area (Å²) >= 11 is 0. The van der Waals surface area contributed by atoms with Crippen LogP contribution in [-0.4, -0.2) is 35.1 Å². The van der Waals surface area contributed by atoms with E-state index in [1.807, 2.05) is 36.4 Å². The van der Waals surface area contributed by atoms with Crippen LogP contribution in [0.25, 0.3) is 11.1 Å². The molecule has 0 spiro atoms. The monoisotopic (exact) mass is 504 g/mol. The molecule has 0 saturated heterocycles. The average Bonchev–Trinajstić information content (AvgIpc) is 2.96. The fourth-order valence-electron chi connectivity index (χ4n) is 4.34. The number of aromatic nitrogens is 1. The van der Waals surface area contributed by atoms with Gasteiger partial charge in [-0.1, -0.05) is 48.5 Å². The molecule has 1 aromatic heterocycles. The molecule has 1 unspecified atom stereocenters. The third-order valence-electron chi connectivity index (χ3n) is 6.42. The first-order valence-corrected chi connectivity index (χ1v) is 12.4. The molecular formula is C31H28N4O3. The molecule has 1 aliphatic heterocycles. The molecule has 7 heteroatoms. The van der Waals surface area contributed by atoms with Crippen LogP contribution in [-0.2, 0) is 13.2 Å². The van der Waals surface area contributed by atoms with Crippen LogP contribution in [0, 0.1) is 18.3 Å². The minimum atomic E-state index is -0.514. The highest BCUT2D eigenvalue weighted by Gasteiger charge is 2.18. The number of rotatable bonds is 8. The second-order valence-corrected chi connectivity index (χ2v) is 9.11. The molecule has 0 amide bonds. The third kappa shape index (κ3) is 5.83. The van der Waals surface area contributed by atoms with Gasteiger partial charge in [0, 0.05) is 30.6 Å². The van der Waals surface area contributed by atoms with E-state index < -0.39 is 6.10 Å². The van der Waals surface area contributed by atoms with Crippen molar-refractivity contribution in [3.05, 3.63) is 113 Å². The van der Waals surface area contributed by atoms with Gasteiger partial charge in [0.15, 0.2) is 0 Å². The number of nitrogens with zero attached hydrogens (tertiary/aromatic N) is 3. The summed E-state index contributed by atoms with van der Waals surface area (Å²) in [6, 6.07) is 26.1. The van der Waals surface area contributed by atoms with E-state index in [1.165, 1.54) is 22.9 Å². The van der Waals surface area contributed by atoms with Crippen molar-refractivity contribution in [2.24, 2.45) is 4.99 Å². The largest absolute Gasteiger partial charge is 0.489 e. The maximum atomic E-state index is 9.83. The highest BCUT2D eigenvalue weighted by Crippen LogP contribution is 2.29. The van der Waals surface area contributed by atoms with Crippen molar-refractivity contribution >= 4 is 5.84 Å². The number of pyridine rings is 1. The number of aliphatic imine (C=N–C) groups is 1. The van der Waals surface area contributed by atoms with Gasteiger partial charge < -0.3 is 19.9 Å². The number of aliphatic hydroxyl groups is 1. The molecule has 4 aromatic rings. The smallest absolute Gasteiger partial charge is 0.134 e. The molecule has 5 rings (SSSR count). The molecular weight excluding hydrogens is 476 g/mol.